The van der Waals surface area contributed by atoms with E-state index in [1.54, 1.807) is 25.2 Å². The second kappa shape index (κ2) is 8.06. The highest BCUT2D eigenvalue weighted by molar-refractivity contribution is 7.91. The average Bonchev–Trinajstić information content (AvgIpc) is 2.94. The summed E-state index contributed by atoms with van der Waals surface area (Å²) in [5.41, 5.74) is 1.06. The zero-order chi connectivity index (χ0) is 16.9. The number of benzene rings is 1. The van der Waals surface area contributed by atoms with Crippen LogP contribution in [0.25, 0.3) is 10.1 Å². The number of thiophene rings is 1. The normalized spacial score (nSPS) is 12.1. The third kappa shape index (κ3) is 5.43. The van der Waals surface area contributed by atoms with Crippen molar-refractivity contribution in [1.82, 2.24) is 0 Å². The van der Waals surface area contributed by atoms with Gasteiger partial charge >= 0.3 is 0 Å². The molecule has 0 fully saturated rings. The highest BCUT2D eigenvalue weighted by Crippen LogP contribution is 2.22. The fourth-order valence-electron chi connectivity index (χ4n) is 2.46. The van der Waals surface area contributed by atoms with Crippen molar-refractivity contribution in [3.05, 3.63) is 35.2 Å². The van der Waals surface area contributed by atoms with Crippen molar-refractivity contribution in [3.8, 4) is 0 Å². The number of hydrogen-bond donors (Lipinski definition) is 0. The predicted molar refractivity (Wildman–Crippen MR) is 97.9 cm³/mol. The van der Waals surface area contributed by atoms with Gasteiger partial charge in [-0.1, -0.05) is 18.6 Å². The highest BCUT2D eigenvalue weighted by atomic mass is 32.2. The van der Waals surface area contributed by atoms with E-state index in [0.29, 0.717) is 19.3 Å². The van der Waals surface area contributed by atoms with Crippen LogP contribution >= 0.6 is 11.3 Å². The molecule has 3 nitrogen and oxygen atoms in total. The van der Waals surface area contributed by atoms with Crippen molar-refractivity contribution in [3.63, 3.8) is 0 Å². The number of fused-ring (bicyclic) bond motifs is 1. The Morgan fingerprint density at radius 3 is 2.65 bits per heavy atom. The van der Waals surface area contributed by atoms with Gasteiger partial charge in [0.05, 0.1) is 11.0 Å². The Kier molecular flexibility index (Phi) is 6.36. The van der Waals surface area contributed by atoms with Crippen LogP contribution < -0.4 is 0 Å². The molecule has 1 aromatic carbocycles. The topological polar surface area (TPSA) is 51.2 Å². The van der Waals surface area contributed by atoms with Crippen LogP contribution in [0.15, 0.2) is 29.6 Å². The summed E-state index contributed by atoms with van der Waals surface area (Å²) in [4.78, 5) is 12.0. The minimum atomic E-state index is -2.95. The van der Waals surface area contributed by atoms with Crippen LogP contribution in [0.5, 0.6) is 0 Å². The Hall–Kier alpha value is -1.20. The minimum absolute atomic E-state index is 0.229. The second-order valence-corrected chi connectivity index (χ2v) is 9.86. The molecule has 0 unspecified atom stereocenters. The summed E-state index contributed by atoms with van der Waals surface area (Å²) in [6.45, 7) is 3.42. The third-order valence-corrected chi connectivity index (χ3v) is 7.20. The number of Topliss-reactive ketones (excluding diaryl/α,β-unsaturated/α-hetero) is 1. The van der Waals surface area contributed by atoms with Gasteiger partial charge in [-0.2, -0.15) is 0 Å². The quantitative estimate of drug-likeness (QED) is 0.629. The van der Waals surface area contributed by atoms with Crippen LogP contribution in [-0.4, -0.2) is 25.2 Å². The predicted octanol–water partition coefficient (Wildman–Crippen LogP) is 4.40. The van der Waals surface area contributed by atoms with Crippen molar-refractivity contribution in [2.75, 3.05) is 5.75 Å². The van der Waals surface area contributed by atoms with Gasteiger partial charge in [-0.25, -0.2) is 8.42 Å². The summed E-state index contributed by atoms with van der Waals surface area (Å²) in [5, 5.41) is 2.97. The molecule has 126 valence electrons. The van der Waals surface area contributed by atoms with E-state index < -0.39 is 9.84 Å². The first-order valence-electron chi connectivity index (χ1n) is 8.08. The van der Waals surface area contributed by atoms with E-state index in [4.69, 9.17) is 0 Å². The fraction of sp³-hybridized carbons (Fsp3) is 0.500. The number of sulfone groups is 1. The maximum Gasteiger partial charge on any atom is 0.152 e. The molecule has 0 saturated heterocycles. The third-order valence-electron chi connectivity index (χ3n) is 4.02. The summed E-state index contributed by atoms with van der Waals surface area (Å²) >= 11 is 1.69. The van der Waals surface area contributed by atoms with Crippen LogP contribution in [-0.2, 0) is 21.1 Å². The fourth-order valence-corrected chi connectivity index (χ4v) is 4.39. The monoisotopic (exact) mass is 352 g/mol. The summed E-state index contributed by atoms with van der Waals surface area (Å²) < 4.78 is 24.6. The van der Waals surface area contributed by atoms with Crippen LogP contribution in [0.4, 0.5) is 0 Å². The van der Waals surface area contributed by atoms with E-state index in [9.17, 15) is 13.2 Å². The van der Waals surface area contributed by atoms with Crippen molar-refractivity contribution in [2.24, 2.45) is 0 Å². The molecule has 0 atom stereocenters. The first-order chi connectivity index (χ1) is 10.9. The van der Waals surface area contributed by atoms with E-state index in [0.717, 1.165) is 18.4 Å². The lowest BCUT2D eigenvalue weighted by Crippen LogP contribution is -2.17. The van der Waals surface area contributed by atoms with E-state index >= 15 is 0 Å². The van der Waals surface area contributed by atoms with E-state index in [-0.39, 0.29) is 16.8 Å². The average molecular weight is 353 g/mol. The van der Waals surface area contributed by atoms with Gasteiger partial charge < -0.3 is 0 Å². The lowest BCUT2D eigenvalue weighted by molar-refractivity contribution is -0.118. The summed E-state index contributed by atoms with van der Waals surface area (Å²) in [5.74, 6) is 0.459. The molecular formula is C18H24O3S2. The molecule has 0 bridgehead atoms. The summed E-state index contributed by atoms with van der Waals surface area (Å²) in [6, 6.07) is 8.25. The molecule has 0 aliphatic carbocycles. The van der Waals surface area contributed by atoms with Gasteiger partial charge in [0.15, 0.2) is 9.84 Å². The molecule has 1 aromatic heterocycles. The molecular weight excluding hydrogens is 328 g/mol. The first-order valence-corrected chi connectivity index (χ1v) is 10.7. The SMILES string of the molecule is CC(C)S(=O)(=O)CCCCCC(=O)Cc1ccc2ccsc2c1. The molecule has 2 aromatic rings. The highest BCUT2D eigenvalue weighted by Gasteiger charge is 2.15. The smallest absolute Gasteiger partial charge is 0.152 e. The van der Waals surface area contributed by atoms with E-state index in [2.05, 4.69) is 23.6 Å². The van der Waals surface area contributed by atoms with Gasteiger partial charge in [-0.05, 0) is 55.2 Å². The van der Waals surface area contributed by atoms with Crippen LogP contribution in [0, 0.1) is 0 Å². The number of carbonyl (C=O) groups is 1. The molecule has 0 saturated carbocycles. The Morgan fingerprint density at radius 1 is 1.13 bits per heavy atom. The van der Waals surface area contributed by atoms with Gasteiger partial charge in [0.1, 0.15) is 5.78 Å². The summed E-state index contributed by atoms with van der Waals surface area (Å²) in [7, 11) is -2.95. The standard InChI is InChI=1S/C18H24O3S2/c1-14(2)23(20,21)11-5-3-4-6-17(19)12-15-7-8-16-9-10-22-18(16)13-15/h7-10,13-14H,3-6,11-12H2,1-2H3. The number of hydrogen-bond acceptors (Lipinski definition) is 4. The number of ketones is 1. The zero-order valence-electron chi connectivity index (χ0n) is 13.7. The molecule has 0 N–H and O–H groups in total. The maximum absolute atomic E-state index is 12.0. The largest absolute Gasteiger partial charge is 0.299 e. The Morgan fingerprint density at radius 2 is 1.91 bits per heavy atom. The van der Waals surface area contributed by atoms with Gasteiger partial charge in [0, 0.05) is 17.5 Å². The first kappa shape index (κ1) is 18.1. The summed E-state index contributed by atoms with van der Waals surface area (Å²) in [6.07, 6.45) is 3.21. The lowest BCUT2D eigenvalue weighted by Gasteiger charge is -2.07. The lowest BCUT2D eigenvalue weighted by atomic mass is 10.0. The number of carbonyl (C=O) groups excluding carboxylic acids is 1. The number of rotatable bonds is 9. The number of unbranched alkanes of at least 4 members (excludes halogenated alkanes) is 2. The van der Waals surface area contributed by atoms with Gasteiger partial charge in [-0.3, -0.25) is 4.79 Å². The van der Waals surface area contributed by atoms with Crippen LogP contribution in [0.2, 0.25) is 0 Å². The van der Waals surface area contributed by atoms with Crippen molar-refractivity contribution >= 4 is 37.0 Å². The van der Waals surface area contributed by atoms with Crippen molar-refractivity contribution in [1.29, 1.82) is 0 Å². The molecule has 23 heavy (non-hydrogen) atoms. The van der Waals surface area contributed by atoms with E-state index in [1.807, 2.05) is 6.07 Å². The van der Waals surface area contributed by atoms with E-state index in [1.165, 1.54) is 10.1 Å². The molecule has 5 heteroatoms. The van der Waals surface area contributed by atoms with Crippen LogP contribution in [0.1, 0.15) is 45.1 Å². The van der Waals surface area contributed by atoms with Crippen molar-refractivity contribution in [2.45, 2.75) is 51.2 Å². The maximum atomic E-state index is 12.0. The second-order valence-electron chi connectivity index (χ2n) is 6.23. The molecule has 0 aliphatic heterocycles. The minimum Gasteiger partial charge on any atom is -0.299 e. The molecule has 0 aliphatic rings. The molecule has 1 heterocycles. The van der Waals surface area contributed by atoms with Crippen LogP contribution in [0.3, 0.4) is 0 Å². The van der Waals surface area contributed by atoms with Gasteiger partial charge in [0.25, 0.3) is 0 Å². The van der Waals surface area contributed by atoms with Gasteiger partial charge in [-0.15, -0.1) is 11.3 Å². The molecule has 0 radical (unpaired) electrons. The molecule has 0 spiro atoms. The Balaban J connectivity index is 1.71. The van der Waals surface area contributed by atoms with Gasteiger partial charge in [0.2, 0.25) is 0 Å². The Bertz CT molecular complexity index is 757. The van der Waals surface area contributed by atoms with Crippen molar-refractivity contribution < 1.29 is 13.2 Å². The zero-order valence-corrected chi connectivity index (χ0v) is 15.4. The molecule has 0 amide bonds. The Labute approximate surface area is 142 Å². The molecule has 2 rings (SSSR count).